The van der Waals surface area contributed by atoms with Crippen LogP contribution in [0.15, 0.2) is 10.7 Å². The van der Waals surface area contributed by atoms with Gasteiger partial charge in [-0.2, -0.15) is 4.98 Å². The van der Waals surface area contributed by atoms with Crippen molar-refractivity contribution in [2.75, 3.05) is 25.1 Å². The van der Waals surface area contributed by atoms with E-state index < -0.39 is 0 Å². The van der Waals surface area contributed by atoms with Gasteiger partial charge in [0.25, 0.3) is 0 Å². The van der Waals surface area contributed by atoms with Crippen LogP contribution in [0.1, 0.15) is 38.5 Å². The van der Waals surface area contributed by atoms with Crippen LogP contribution in [-0.2, 0) is 0 Å². The van der Waals surface area contributed by atoms with Gasteiger partial charge in [0, 0.05) is 12.6 Å². The summed E-state index contributed by atoms with van der Waals surface area (Å²) in [6, 6.07) is 0.529. The highest BCUT2D eigenvalue weighted by molar-refractivity contribution is 9.10. The minimum atomic E-state index is 0.529. The first-order chi connectivity index (χ1) is 9.76. The molecule has 0 spiro atoms. The molecule has 1 aliphatic carbocycles. The van der Waals surface area contributed by atoms with E-state index in [1.807, 2.05) is 0 Å². The van der Waals surface area contributed by atoms with Gasteiger partial charge in [0.2, 0.25) is 11.8 Å². The Morgan fingerprint density at radius 1 is 1.40 bits per heavy atom. The lowest BCUT2D eigenvalue weighted by Gasteiger charge is -2.34. The molecule has 1 fully saturated rings. The van der Waals surface area contributed by atoms with Gasteiger partial charge in [0.15, 0.2) is 0 Å². The van der Waals surface area contributed by atoms with Crippen molar-refractivity contribution in [2.45, 2.75) is 44.6 Å². The average Bonchev–Trinajstić information content (AvgIpc) is 2.50. The fourth-order valence-electron chi connectivity index (χ4n) is 2.72. The smallest absolute Gasteiger partial charge is 0.232 e. The largest absolute Gasteiger partial charge is 0.480 e. The van der Waals surface area contributed by atoms with Gasteiger partial charge in [-0.25, -0.2) is 4.98 Å². The third kappa shape index (κ3) is 3.82. The molecule has 6 heteroatoms. The van der Waals surface area contributed by atoms with Crippen molar-refractivity contribution in [3.8, 4) is 5.88 Å². The second-order valence-electron chi connectivity index (χ2n) is 5.15. The van der Waals surface area contributed by atoms with Crippen LogP contribution in [0, 0.1) is 0 Å². The molecule has 0 unspecified atom stereocenters. The van der Waals surface area contributed by atoms with Gasteiger partial charge in [0.05, 0.1) is 17.8 Å². The zero-order chi connectivity index (χ0) is 14.4. The number of hydrogen-bond acceptors (Lipinski definition) is 5. The Kier molecular flexibility index (Phi) is 6.04. The summed E-state index contributed by atoms with van der Waals surface area (Å²) in [5.41, 5.74) is 5.66. The molecule has 2 rings (SSSR count). The minimum absolute atomic E-state index is 0.529. The number of ether oxygens (including phenoxy) is 1. The minimum Gasteiger partial charge on any atom is -0.480 e. The SMILES string of the molecule is COc1nc(N(CCCN)C2CCCCC2)ncc1Br. The number of rotatable bonds is 6. The molecule has 112 valence electrons. The lowest BCUT2D eigenvalue weighted by Crippen LogP contribution is -2.39. The Morgan fingerprint density at radius 2 is 2.15 bits per heavy atom. The standard InChI is InChI=1S/C14H23BrN4O/c1-20-13-12(15)10-17-14(18-13)19(9-5-8-16)11-6-3-2-4-7-11/h10-11H,2-9,16H2,1H3. The van der Waals surface area contributed by atoms with E-state index in [9.17, 15) is 0 Å². The molecule has 20 heavy (non-hydrogen) atoms. The highest BCUT2D eigenvalue weighted by Gasteiger charge is 2.23. The van der Waals surface area contributed by atoms with Gasteiger partial charge in [-0.1, -0.05) is 19.3 Å². The van der Waals surface area contributed by atoms with Crippen molar-refractivity contribution in [1.29, 1.82) is 0 Å². The molecule has 5 nitrogen and oxygen atoms in total. The summed E-state index contributed by atoms with van der Waals surface area (Å²) < 4.78 is 6.06. The molecule has 0 aromatic carbocycles. The predicted molar refractivity (Wildman–Crippen MR) is 84.2 cm³/mol. The van der Waals surface area contributed by atoms with Crippen LogP contribution in [0.4, 0.5) is 5.95 Å². The van der Waals surface area contributed by atoms with Crippen molar-refractivity contribution in [3.63, 3.8) is 0 Å². The van der Waals surface area contributed by atoms with E-state index in [-0.39, 0.29) is 0 Å². The number of aromatic nitrogens is 2. The molecule has 0 atom stereocenters. The van der Waals surface area contributed by atoms with Gasteiger partial charge < -0.3 is 15.4 Å². The van der Waals surface area contributed by atoms with E-state index in [0.29, 0.717) is 18.5 Å². The Labute approximate surface area is 129 Å². The van der Waals surface area contributed by atoms with Crippen LogP contribution < -0.4 is 15.4 Å². The molecule has 1 aliphatic rings. The molecule has 1 heterocycles. The van der Waals surface area contributed by atoms with Gasteiger partial charge >= 0.3 is 0 Å². The maximum atomic E-state index is 5.66. The maximum absolute atomic E-state index is 5.66. The second-order valence-corrected chi connectivity index (χ2v) is 6.01. The molecule has 1 saturated carbocycles. The maximum Gasteiger partial charge on any atom is 0.232 e. The number of hydrogen-bond donors (Lipinski definition) is 1. The van der Waals surface area contributed by atoms with Crippen molar-refractivity contribution in [2.24, 2.45) is 5.73 Å². The van der Waals surface area contributed by atoms with Crippen molar-refractivity contribution in [1.82, 2.24) is 9.97 Å². The van der Waals surface area contributed by atoms with Gasteiger partial charge in [-0.15, -0.1) is 0 Å². The quantitative estimate of drug-likeness (QED) is 0.860. The molecule has 1 aromatic rings. The van der Waals surface area contributed by atoms with Crippen LogP contribution in [0.3, 0.4) is 0 Å². The van der Waals surface area contributed by atoms with Gasteiger partial charge in [-0.05, 0) is 41.7 Å². The van der Waals surface area contributed by atoms with E-state index in [1.165, 1.54) is 32.1 Å². The topological polar surface area (TPSA) is 64.3 Å². The first-order valence-corrected chi connectivity index (χ1v) is 8.08. The van der Waals surface area contributed by atoms with Crippen molar-refractivity contribution in [3.05, 3.63) is 10.7 Å². The molecule has 2 N–H and O–H groups in total. The highest BCUT2D eigenvalue weighted by atomic mass is 79.9. The summed E-state index contributed by atoms with van der Waals surface area (Å²) in [4.78, 5) is 11.3. The Balaban J connectivity index is 2.20. The molecular formula is C14H23BrN4O. The van der Waals surface area contributed by atoms with Gasteiger partial charge in [0.1, 0.15) is 0 Å². The van der Waals surface area contributed by atoms with Crippen LogP contribution in [-0.4, -0.2) is 36.2 Å². The van der Waals surface area contributed by atoms with E-state index >= 15 is 0 Å². The van der Waals surface area contributed by atoms with Crippen LogP contribution >= 0.6 is 15.9 Å². The van der Waals surface area contributed by atoms with E-state index in [4.69, 9.17) is 10.5 Å². The monoisotopic (exact) mass is 342 g/mol. The third-order valence-corrected chi connectivity index (χ3v) is 4.31. The number of halogens is 1. The summed E-state index contributed by atoms with van der Waals surface area (Å²) in [5.74, 6) is 1.34. The lowest BCUT2D eigenvalue weighted by atomic mass is 9.94. The summed E-state index contributed by atoms with van der Waals surface area (Å²) in [6.45, 7) is 1.60. The van der Waals surface area contributed by atoms with Crippen molar-refractivity contribution < 1.29 is 4.74 Å². The molecule has 1 aromatic heterocycles. The summed E-state index contributed by atoms with van der Waals surface area (Å²) >= 11 is 3.40. The fourth-order valence-corrected chi connectivity index (χ4v) is 3.08. The molecule has 0 aliphatic heterocycles. The molecule has 0 amide bonds. The zero-order valence-corrected chi connectivity index (χ0v) is 13.6. The molecular weight excluding hydrogens is 320 g/mol. The molecule has 0 radical (unpaired) electrons. The lowest BCUT2D eigenvalue weighted by molar-refractivity contribution is 0.386. The first kappa shape index (κ1) is 15.5. The van der Waals surface area contributed by atoms with E-state index in [2.05, 4.69) is 30.8 Å². The number of nitrogens with zero attached hydrogens (tertiary/aromatic N) is 3. The number of nitrogens with two attached hydrogens (primary N) is 1. The first-order valence-electron chi connectivity index (χ1n) is 7.29. The zero-order valence-electron chi connectivity index (χ0n) is 12.0. The van der Waals surface area contributed by atoms with Crippen LogP contribution in [0.5, 0.6) is 5.88 Å². The molecule has 0 bridgehead atoms. The Bertz CT molecular complexity index is 424. The summed E-state index contributed by atoms with van der Waals surface area (Å²) in [7, 11) is 1.63. The van der Waals surface area contributed by atoms with E-state index in [0.717, 1.165) is 23.4 Å². The normalized spacial score (nSPS) is 16.1. The van der Waals surface area contributed by atoms with Crippen molar-refractivity contribution >= 4 is 21.9 Å². The number of methoxy groups -OCH3 is 1. The van der Waals surface area contributed by atoms with E-state index in [1.54, 1.807) is 13.3 Å². The third-order valence-electron chi connectivity index (χ3n) is 3.77. The number of anilines is 1. The Morgan fingerprint density at radius 3 is 2.80 bits per heavy atom. The highest BCUT2D eigenvalue weighted by Crippen LogP contribution is 2.28. The fraction of sp³-hybridized carbons (Fsp3) is 0.714. The average molecular weight is 343 g/mol. The predicted octanol–water partition coefficient (Wildman–Crippen LogP) is 2.74. The van der Waals surface area contributed by atoms with Gasteiger partial charge in [-0.3, -0.25) is 0 Å². The van der Waals surface area contributed by atoms with Crippen LogP contribution in [0.2, 0.25) is 0 Å². The second kappa shape index (κ2) is 7.78. The Hall–Kier alpha value is -0.880. The summed E-state index contributed by atoms with van der Waals surface area (Å²) in [5, 5.41) is 0. The van der Waals surface area contributed by atoms with Crippen LogP contribution in [0.25, 0.3) is 0 Å². The molecule has 0 saturated heterocycles. The summed E-state index contributed by atoms with van der Waals surface area (Å²) in [6.07, 6.45) is 9.07.